The van der Waals surface area contributed by atoms with Gasteiger partial charge in [0.2, 0.25) is 0 Å². The monoisotopic (exact) mass is 411 g/mol. The molecule has 0 saturated heterocycles. The number of halogens is 1. The molecule has 0 aromatic heterocycles. The normalized spacial score (nSPS) is 13.5. The Hall–Kier alpha value is -4.24. The highest BCUT2D eigenvalue weighted by atomic mass is 19.1. The molecule has 31 heavy (non-hydrogen) atoms. The van der Waals surface area contributed by atoms with E-state index in [9.17, 15) is 14.0 Å². The summed E-state index contributed by atoms with van der Waals surface area (Å²) >= 11 is 0. The molecular formula is C25H18FN3O2. The summed E-state index contributed by atoms with van der Waals surface area (Å²) in [5.74, 6) is -1.47. The van der Waals surface area contributed by atoms with Gasteiger partial charge in [0.05, 0.1) is 22.9 Å². The summed E-state index contributed by atoms with van der Waals surface area (Å²) in [4.78, 5) is 27.8. The number of nitriles is 1. The second-order valence-electron chi connectivity index (χ2n) is 7.23. The Kier molecular flexibility index (Phi) is 5.10. The number of imide groups is 1. The summed E-state index contributed by atoms with van der Waals surface area (Å²) in [5, 5.41) is 12.2. The molecule has 4 rings (SSSR count). The number of aryl methyl sites for hydroxylation is 1. The number of carbonyl (C=O) groups is 2. The lowest BCUT2D eigenvalue weighted by Crippen LogP contribution is -2.32. The van der Waals surface area contributed by atoms with Gasteiger partial charge in [0.1, 0.15) is 11.5 Å². The number of hydrogen-bond acceptors (Lipinski definition) is 4. The van der Waals surface area contributed by atoms with E-state index in [-0.39, 0.29) is 11.3 Å². The molecule has 0 saturated carbocycles. The van der Waals surface area contributed by atoms with Gasteiger partial charge in [-0.15, -0.1) is 0 Å². The minimum atomic E-state index is -0.519. The molecule has 0 radical (unpaired) electrons. The average molecular weight is 411 g/mol. The van der Waals surface area contributed by atoms with Gasteiger partial charge in [0, 0.05) is 5.69 Å². The highest BCUT2D eigenvalue weighted by Gasteiger charge is 2.40. The Bertz CT molecular complexity index is 1270. The molecule has 6 heteroatoms. The van der Waals surface area contributed by atoms with E-state index in [1.165, 1.54) is 24.3 Å². The third-order valence-corrected chi connectivity index (χ3v) is 5.34. The Morgan fingerprint density at radius 1 is 0.903 bits per heavy atom. The van der Waals surface area contributed by atoms with Crippen LogP contribution in [0.2, 0.25) is 0 Å². The van der Waals surface area contributed by atoms with Gasteiger partial charge in [0.25, 0.3) is 11.8 Å². The second-order valence-corrected chi connectivity index (χ2v) is 7.23. The maximum absolute atomic E-state index is 13.5. The maximum atomic E-state index is 13.5. The summed E-state index contributed by atoms with van der Waals surface area (Å²) in [6, 6.07) is 19.3. The molecule has 1 aliphatic rings. The van der Waals surface area contributed by atoms with Crippen molar-refractivity contribution in [1.82, 2.24) is 0 Å². The van der Waals surface area contributed by atoms with Crippen molar-refractivity contribution in [2.45, 2.75) is 13.8 Å². The molecule has 152 valence electrons. The lowest BCUT2D eigenvalue weighted by Gasteiger charge is -2.16. The van der Waals surface area contributed by atoms with Crippen LogP contribution in [0.5, 0.6) is 0 Å². The van der Waals surface area contributed by atoms with Gasteiger partial charge in [-0.2, -0.15) is 5.26 Å². The quantitative estimate of drug-likeness (QED) is 0.631. The molecule has 0 bridgehead atoms. The van der Waals surface area contributed by atoms with Crippen LogP contribution in [0.25, 0.3) is 5.57 Å². The highest BCUT2D eigenvalue weighted by Crippen LogP contribution is 2.34. The van der Waals surface area contributed by atoms with Crippen LogP contribution in [-0.2, 0) is 9.59 Å². The molecule has 3 aromatic rings. The molecule has 1 heterocycles. The van der Waals surface area contributed by atoms with Gasteiger partial charge in [-0.05, 0) is 73.0 Å². The zero-order valence-electron chi connectivity index (χ0n) is 16.9. The summed E-state index contributed by atoms with van der Waals surface area (Å²) < 4.78 is 13.5. The molecule has 5 nitrogen and oxygen atoms in total. The summed E-state index contributed by atoms with van der Waals surface area (Å²) in [6.45, 7) is 3.88. The van der Waals surface area contributed by atoms with Crippen molar-refractivity contribution in [3.8, 4) is 6.07 Å². The number of carbonyl (C=O) groups excluding carboxylic acids is 2. The molecule has 0 atom stereocenters. The summed E-state index contributed by atoms with van der Waals surface area (Å²) in [6.07, 6.45) is 0. The van der Waals surface area contributed by atoms with Crippen LogP contribution in [0, 0.1) is 31.0 Å². The fourth-order valence-corrected chi connectivity index (χ4v) is 3.47. The fraction of sp³-hybridized carbons (Fsp3) is 0.0800. The number of rotatable bonds is 4. The van der Waals surface area contributed by atoms with Crippen LogP contribution in [0.3, 0.4) is 0 Å². The van der Waals surface area contributed by atoms with E-state index in [0.717, 1.165) is 16.0 Å². The first-order chi connectivity index (χ1) is 14.9. The SMILES string of the molecule is Cc1cccc(NC2=C(c3ccc(F)cc3)C(=O)N(c3ccc(C#N)cc3)C2=O)c1C. The molecule has 3 aromatic carbocycles. The number of amides is 2. The van der Waals surface area contributed by atoms with Crippen LogP contribution in [0.4, 0.5) is 15.8 Å². The van der Waals surface area contributed by atoms with Crippen LogP contribution < -0.4 is 10.2 Å². The molecule has 2 amide bonds. The molecular weight excluding hydrogens is 393 g/mol. The van der Waals surface area contributed by atoms with Gasteiger partial charge >= 0.3 is 0 Å². The van der Waals surface area contributed by atoms with Crippen LogP contribution in [-0.4, -0.2) is 11.8 Å². The Morgan fingerprint density at radius 2 is 1.58 bits per heavy atom. The van der Waals surface area contributed by atoms with E-state index in [1.54, 1.807) is 24.3 Å². The van der Waals surface area contributed by atoms with E-state index in [4.69, 9.17) is 5.26 Å². The molecule has 0 spiro atoms. The largest absolute Gasteiger partial charge is 0.350 e. The maximum Gasteiger partial charge on any atom is 0.282 e. The lowest BCUT2D eigenvalue weighted by molar-refractivity contribution is -0.120. The van der Waals surface area contributed by atoms with E-state index < -0.39 is 17.6 Å². The highest BCUT2D eigenvalue weighted by molar-refractivity contribution is 6.46. The molecule has 0 aliphatic carbocycles. The Labute approximate surface area is 179 Å². The minimum absolute atomic E-state index is 0.120. The Balaban J connectivity index is 1.83. The van der Waals surface area contributed by atoms with E-state index >= 15 is 0 Å². The first-order valence-electron chi connectivity index (χ1n) is 9.63. The van der Waals surface area contributed by atoms with Crippen molar-refractivity contribution in [1.29, 1.82) is 5.26 Å². The zero-order chi connectivity index (χ0) is 22.1. The van der Waals surface area contributed by atoms with Gasteiger partial charge in [0.15, 0.2) is 0 Å². The third kappa shape index (κ3) is 3.58. The second kappa shape index (κ2) is 7.88. The first-order valence-corrected chi connectivity index (χ1v) is 9.63. The standard InChI is InChI=1S/C25H18FN3O2/c1-15-4-3-5-21(16(15)2)28-23-22(18-8-10-19(26)11-9-18)24(30)29(25(23)31)20-12-6-17(14-27)7-13-20/h3-13,28H,1-2H3. The van der Waals surface area contributed by atoms with Crippen molar-refractivity contribution in [2.24, 2.45) is 0 Å². The smallest absolute Gasteiger partial charge is 0.282 e. The molecule has 1 aliphatic heterocycles. The first kappa shape index (κ1) is 20.0. The topological polar surface area (TPSA) is 73.2 Å². The van der Waals surface area contributed by atoms with Crippen molar-refractivity contribution in [3.63, 3.8) is 0 Å². The fourth-order valence-electron chi connectivity index (χ4n) is 3.47. The van der Waals surface area contributed by atoms with E-state index in [0.29, 0.717) is 22.5 Å². The van der Waals surface area contributed by atoms with Crippen molar-refractivity contribution >= 4 is 28.8 Å². The molecule has 0 fully saturated rings. The number of nitrogens with one attached hydrogen (secondary N) is 1. The average Bonchev–Trinajstić information content (AvgIpc) is 3.01. The van der Waals surface area contributed by atoms with E-state index in [2.05, 4.69) is 5.32 Å². The minimum Gasteiger partial charge on any atom is -0.350 e. The molecule has 0 unspecified atom stereocenters. The lowest BCUT2D eigenvalue weighted by atomic mass is 10.0. The number of benzene rings is 3. The Morgan fingerprint density at radius 3 is 2.23 bits per heavy atom. The van der Waals surface area contributed by atoms with Gasteiger partial charge in [-0.1, -0.05) is 24.3 Å². The predicted molar refractivity (Wildman–Crippen MR) is 117 cm³/mol. The van der Waals surface area contributed by atoms with Crippen LogP contribution in [0.1, 0.15) is 22.3 Å². The summed E-state index contributed by atoms with van der Waals surface area (Å²) in [7, 11) is 0. The van der Waals surface area contributed by atoms with E-state index in [1.807, 2.05) is 38.1 Å². The van der Waals surface area contributed by atoms with Gasteiger partial charge in [-0.25, -0.2) is 9.29 Å². The van der Waals surface area contributed by atoms with Gasteiger partial charge < -0.3 is 5.32 Å². The molecule has 1 N–H and O–H groups in total. The van der Waals surface area contributed by atoms with Crippen LogP contribution in [0.15, 0.2) is 72.4 Å². The third-order valence-electron chi connectivity index (χ3n) is 5.34. The van der Waals surface area contributed by atoms with Crippen LogP contribution >= 0.6 is 0 Å². The number of nitrogens with zero attached hydrogens (tertiary/aromatic N) is 2. The van der Waals surface area contributed by atoms with Crippen molar-refractivity contribution in [3.05, 3.63) is 100 Å². The van der Waals surface area contributed by atoms with Gasteiger partial charge in [-0.3, -0.25) is 9.59 Å². The van der Waals surface area contributed by atoms with Crippen molar-refractivity contribution < 1.29 is 14.0 Å². The summed E-state index contributed by atoms with van der Waals surface area (Å²) in [5.41, 5.74) is 4.18. The predicted octanol–water partition coefficient (Wildman–Crippen LogP) is 4.71. The zero-order valence-corrected chi connectivity index (χ0v) is 16.9. The number of hydrogen-bond donors (Lipinski definition) is 1. The number of anilines is 2. The van der Waals surface area contributed by atoms with Crippen molar-refractivity contribution in [2.75, 3.05) is 10.2 Å².